The van der Waals surface area contributed by atoms with Crippen molar-refractivity contribution >= 4 is 17.7 Å². The number of hydrogen-bond acceptors (Lipinski definition) is 2. The number of hydrogen-bond donors (Lipinski definition) is 2. The van der Waals surface area contributed by atoms with Crippen molar-refractivity contribution in [1.29, 1.82) is 0 Å². The molecule has 0 heterocycles. The third-order valence-electron chi connectivity index (χ3n) is 1.82. The summed E-state index contributed by atoms with van der Waals surface area (Å²) in [7, 11) is 0. The van der Waals surface area contributed by atoms with Crippen LogP contribution < -0.4 is 5.73 Å². The molecule has 0 fully saturated rings. The van der Waals surface area contributed by atoms with Gasteiger partial charge < -0.3 is 10.8 Å². The Labute approximate surface area is 89.0 Å². The normalized spacial score (nSPS) is 11.9. The van der Waals surface area contributed by atoms with Crippen molar-refractivity contribution in [2.45, 2.75) is 6.18 Å². The van der Waals surface area contributed by atoms with E-state index < -0.39 is 17.7 Å². The molecule has 0 aliphatic carbocycles. The fourth-order valence-electron chi connectivity index (χ4n) is 1.06. The number of benzene rings is 1. The number of alkyl halides is 3. The predicted molar refractivity (Wildman–Crippen MR) is 52.5 cm³/mol. The lowest BCUT2D eigenvalue weighted by Crippen LogP contribution is -2.06. The number of aliphatic carboxylic acids is 1. The highest BCUT2D eigenvalue weighted by molar-refractivity contribution is 5.86. The summed E-state index contributed by atoms with van der Waals surface area (Å²) in [4.78, 5) is 10.2. The zero-order valence-electron chi connectivity index (χ0n) is 7.95. The van der Waals surface area contributed by atoms with Gasteiger partial charge in [-0.05, 0) is 23.8 Å². The molecular formula is C10H8F3NO2. The van der Waals surface area contributed by atoms with E-state index in [4.69, 9.17) is 10.8 Å². The number of nitrogen functional groups attached to an aromatic ring is 1. The molecule has 1 rings (SSSR count). The van der Waals surface area contributed by atoms with Crippen LogP contribution in [0.25, 0.3) is 6.08 Å². The second-order valence-electron chi connectivity index (χ2n) is 3.01. The van der Waals surface area contributed by atoms with E-state index in [-0.39, 0.29) is 11.3 Å². The van der Waals surface area contributed by atoms with Gasteiger partial charge in [-0.25, -0.2) is 4.79 Å². The third kappa shape index (κ3) is 3.01. The van der Waals surface area contributed by atoms with Gasteiger partial charge >= 0.3 is 12.1 Å². The minimum absolute atomic E-state index is 0.118. The lowest BCUT2D eigenvalue weighted by molar-refractivity contribution is -0.137. The fraction of sp³-hybridized carbons (Fsp3) is 0.100. The first-order valence-corrected chi connectivity index (χ1v) is 4.18. The van der Waals surface area contributed by atoms with Crippen LogP contribution in [0.4, 0.5) is 18.9 Å². The Balaban J connectivity index is 3.05. The topological polar surface area (TPSA) is 63.3 Å². The summed E-state index contributed by atoms with van der Waals surface area (Å²) in [5, 5.41) is 8.34. The number of halogens is 3. The quantitative estimate of drug-likeness (QED) is 0.606. The average Bonchev–Trinajstić information content (AvgIpc) is 2.14. The molecule has 3 nitrogen and oxygen atoms in total. The molecule has 0 spiro atoms. The van der Waals surface area contributed by atoms with E-state index in [0.29, 0.717) is 0 Å². The molecule has 0 aliphatic rings. The zero-order chi connectivity index (χ0) is 12.3. The standard InChI is InChI=1S/C10H8F3NO2/c11-10(12,13)7-3-1-6(8(14)5-7)2-4-9(15)16/h1-5H,14H2,(H,15,16). The second kappa shape index (κ2) is 4.26. The molecule has 0 aliphatic heterocycles. The molecule has 1 aromatic carbocycles. The lowest BCUT2D eigenvalue weighted by atomic mass is 10.1. The highest BCUT2D eigenvalue weighted by Crippen LogP contribution is 2.31. The van der Waals surface area contributed by atoms with E-state index in [1.54, 1.807) is 0 Å². The van der Waals surface area contributed by atoms with Crippen molar-refractivity contribution in [3.8, 4) is 0 Å². The van der Waals surface area contributed by atoms with Crippen LogP contribution in [0.3, 0.4) is 0 Å². The number of carboxylic acid groups (broad SMARTS) is 1. The van der Waals surface area contributed by atoms with Gasteiger partial charge in [-0.1, -0.05) is 6.07 Å². The van der Waals surface area contributed by atoms with Gasteiger partial charge in [0.2, 0.25) is 0 Å². The van der Waals surface area contributed by atoms with Crippen molar-refractivity contribution in [3.05, 3.63) is 35.4 Å². The molecule has 16 heavy (non-hydrogen) atoms. The second-order valence-corrected chi connectivity index (χ2v) is 3.01. The van der Waals surface area contributed by atoms with Crippen molar-refractivity contribution in [3.63, 3.8) is 0 Å². The largest absolute Gasteiger partial charge is 0.478 e. The van der Waals surface area contributed by atoms with Crippen LogP contribution >= 0.6 is 0 Å². The Morgan fingerprint density at radius 1 is 1.38 bits per heavy atom. The third-order valence-corrected chi connectivity index (χ3v) is 1.82. The summed E-state index contributed by atoms with van der Waals surface area (Å²) in [6, 6.07) is 2.73. The molecule has 0 amide bonds. The molecular weight excluding hydrogens is 223 g/mol. The fourth-order valence-corrected chi connectivity index (χ4v) is 1.06. The summed E-state index contributed by atoms with van der Waals surface area (Å²) in [5.41, 5.74) is 4.61. The van der Waals surface area contributed by atoms with Crippen molar-refractivity contribution in [2.75, 3.05) is 5.73 Å². The van der Waals surface area contributed by atoms with E-state index in [0.717, 1.165) is 30.4 Å². The molecule has 0 radical (unpaired) electrons. The summed E-state index contributed by atoms with van der Waals surface area (Å²) in [6.07, 6.45) is -2.51. The van der Waals surface area contributed by atoms with Gasteiger partial charge in [-0.2, -0.15) is 13.2 Å². The Kier molecular flexibility index (Phi) is 3.22. The average molecular weight is 231 g/mol. The van der Waals surface area contributed by atoms with E-state index in [9.17, 15) is 18.0 Å². The predicted octanol–water partition coefficient (Wildman–Crippen LogP) is 2.39. The number of carbonyl (C=O) groups is 1. The lowest BCUT2D eigenvalue weighted by Gasteiger charge is -2.08. The molecule has 0 bridgehead atoms. The summed E-state index contributed by atoms with van der Waals surface area (Å²) in [5.74, 6) is -1.20. The molecule has 0 atom stereocenters. The Morgan fingerprint density at radius 2 is 2.00 bits per heavy atom. The van der Waals surface area contributed by atoms with Gasteiger partial charge in [0.25, 0.3) is 0 Å². The highest BCUT2D eigenvalue weighted by atomic mass is 19.4. The van der Waals surface area contributed by atoms with Crippen LogP contribution in [0.15, 0.2) is 24.3 Å². The van der Waals surface area contributed by atoms with Gasteiger partial charge in [0.1, 0.15) is 0 Å². The van der Waals surface area contributed by atoms with E-state index in [1.165, 1.54) is 0 Å². The minimum Gasteiger partial charge on any atom is -0.478 e. The van der Waals surface area contributed by atoms with E-state index >= 15 is 0 Å². The molecule has 86 valence electrons. The van der Waals surface area contributed by atoms with Crippen molar-refractivity contribution < 1.29 is 23.1 Å². The SMILES string of the molecule is Nc1cc(C(F)(F)F)ccc1C=CC(=O)O. The summed E-state index contributed by atoms with van der Waals surface area (Å²) < 4.78 is 36.7. The van der Waals surface area contributed by atoms with Gasteiger partial charge in [-0.3, -0.25) is 0 Å². The van der Waals surface area contributed by atoms with Crippen LogP contribution in [0.1, 0.15) is 11.1 Å². The minimum atomic E-state index is -4.46. The maximum atomic E-state index is 12.2. The smallest absolute Gasteiger partial charge is 0.416 e. The van der Waals surface area contributed by atoms with Crippen LogP contribution in [0.2, 0.25) is 0 Å². The number of nitrogens with two attached hydrogens (primary N) is 1. The first kappa shape index (κ1) is 12.1. The molecule has 6 heteroatoms. The van der Waals surface area contributed by atoms with Gasteiger partial charge in [0.05, 0.1) is 5.56 Å². The molecule has 3 N–H and O–H groups in total. The molecule has 0 saturated heterocycles. The van der Waals surface area contributed by atoms with Gasteiger partial charge in [-0.15, -0.1) is 0 Å². The van der Waals surface area contributed by atoms with Gasteiger partial charge in [0, 0.05) is 11.8 Å². The Bertz CT molecular complexity index is 438. The van der Waals surface area contributed by atoms with Crippen LogP contribution in [-0.4, -0.2) is 11.1 Å². The zero-order valence-corrected chi connectivity index (χ0v) is 7.95. The Morgan fingerprint density at radius 3 is 2.44 bits per heavy atom. The molecule has 0 aromatic heterocycles. The van der Waals surface area contributed by atoms with Crippen LogP contribution in [0, 0.1) is 0 Å². The summed E-state index contributed by atoms with van der Waals surface area (Å²) in [6.45, 7) is 0. The van der Waals surface area contributed by atoms with E-state index in [2.05, 4.69) is 0 Å². The van der Waals surface area contributed by atoms with Crippen LogP contribution in [-0.2, 0) is 11.0 Å². The number of carboxylic acids is 1. The maximum absolute atomic E-state index is 12.2. The number of anilines is 1. The van der Waals surface area contributed by atoms with Gasteiger partial charge in [0.15, 0.2) is 0 Å². The molecule has 1 aromatic rings. The summed E-state index contributed by atoms with van der Waals surface area (Å²) >= 11 is 0. The monoisotopic (exact) mass is 231 g/mol. The van der Waals surface area contributed by atoms with E-state index in [1.807, 2.05) is 0 Å². The van der Waals surface area contributed by atoms with Crippen molar-refractivity contribution in [2.24, 2.45) is 0 Å². The first-order chi connectivity index (χ1) is 7.30. The van der Waals surface area contributed by atoms with Crippen LogP contribution in [0.5, 0.6) is 0 Å². The highest BCUT2D eigenvalue weighted by Gasteiger charge is 2.30. The first-order valence-electron chi connectivity index (χ1n) is 4.18. The Hall–Kier alpha value is -1.98. The maximum Gasteiger partial charge on any atom is 0.416 e. The van der Waals surface area contributed by atoms with Crippen molar-refractivity contribution in [1.82, 2.24) is 0 Å². The molecule has 0 unspecified atom stereocenters. The number of rotatable bonds is 2. The molecule has 0 saturated carbocycles.